The van der Waals surface area contributed by atoms with Crippen LogP contribution in [0.5, 0.6) is 0 Å². The lowest BCUT2D eigenvalue weighted by Crippen LogP contribution is -2.20. The number of hydrogen-bond acceptors (Lipinski definition) is 6. The molecule has 8 heteroatoms. The van der Waals surface area contributed by atoms with Crippen molar-refractivity contribution < 1.29 is 9.59 Å². The van der Waals surface area contributed by atoms with Crippen LogP contribution in [0.25, 0.3) is 0 Å². The van der Waals surface area contributed by atoms with E-state index in [1.165, 1.54) is 26.2 Å². The Morgan fingerprint density at radius 1 is 0.889 bits per heavy atom. The minimum Gasteiger partial charge on any atom is -0.355 e. The largest absolute Gasteiger partial charge is 0.355 e. The normalized spacial score (nSPS) is 9.44. The third kappa shape index (κ3) is 2.21. The van der Waals surface area contributed by atoms with Crippen molar-refractivity contribution in [2.75, 3.05) is 14.1 Å². The van der Waals surface area contributed by atoms with Gasteiger partial charge in [-0.25, -0.2) is 0 Å². The lowest BCUT2D eigenvalue weighted by atomic mass is 10.0. The van der Waals surface area contributed by atoms with Crippen LogP contribution in [0, 0.1) is 9.81 Å². The molecule has 0 unspecified atom stereocenters. The van der Waals surface area contributed by atoms with E-state index in [1.54, 1.807) is 0 Å². The van der Waals surface area contributed by atoms with E-state index in [2.05, 4.69) is 21.0 Å². The molecule has 0 saturated carbocycles. The van der Waals surface area contributed by atoms with Crippen molar-refractivity contribution in [2.24, 2.45) is 10.4 Å². The predicted molar refractivity (Wildman–Crippen MR) is 64.1 cm³/mol. The number of carbonyl (C=O) groups excluding carboxylic acids is 2. The van der Waals surface area contributed by atoms with Crippen molar-refractivity contribution in [3.8, 4) is 0 Å². The second-order valence-electron chi connectivity index (χ2n) is 3.20. The highest BCUT2D eigenvalue weighted by atomic mass is 16.3. The minimum absolute atomic E-state index is 0.116. The SMILES string of the molecule is CNC(=O)c1ccc(C(=O)NC)c(N=O)c1N=O. The summed E-state index contributed by atoms with van der Waals surface area (Å²) in [5, 5.41) is 9.78. The second kappa shape index (κ2) is 5.62. The van der Waals surface area contributed by atoms with Crippen LogP contribution in [0.2, 0.25) is 0 Å². The van der Waals surface area contributed by atoms with Gasteiger partial charge in [-0.15, -0.1) is 9.81 Å². The predicted octanol–water partition coefficient (Wildman–Crippen LogP) is 1.20. The molecule has 2 amide bonds. The van der Waals surface area contributed by atoms with Gasteiger partial charge >= 0.3 is 0 Å². The zero-order valence-corrected chi connectivity index (χ0v) is 9.68. The lowest BCUT2D eigenvalue weighted by molar-refractivity contribution is 0.0952. The summed E-state index contributed by atoms with van der Waals surface area (Å²) in [7, 11) is 2.72. The average molecular weight is 250 g/mol. The van der Waals surface area contributed by atoms with Crippen LogP contribution in [-0.2, 0) is 0 Å². The Balaban J connectivity index is 3.55. The molecule has 0 spiro atoms. The Hall–Kier alpha value is -2.64. The Bertz CT molecular complexity index is 480. The number of nitroso groups, excluding NO2 is 2. The first-order valence-corrected chi connectivity index (χ1v) is 4.88. The van der Waals surface area contributed by atoms with Crippen molar-refractivity contribution >= 4 is 23.2 Å². The van der Waals surface area contributed by atoms with Gasteiger partial charge in [0.25, 0.3) is 11.8 Å². The molecule has 0 aliphatic heterocycles. The molecule has 1 rings (SSSR count). The standard InChI is InChI=1S/C10H10N4O4/c1-11-9(15)5-3-4-6(10(16)12-2)8(14-18)7(5)13-17/h3-4H,1-2H3,(H,11,15)(H,12,16). The van der Waals surface area contributed by atoms with Gasteiger partial charge in [0.2, 0.25) is 0 Å². The van der Waals surface area contributed by atoms with Gasteiger partial charge in [-0.3, -0.25) is 9.59 Å². The lowest BCUT2D eigenvalue weighted by Gasteiger charge is -2.07. The number of rotatable bonds is 4. The second-order valence-corrected chi connectivity index (χ2v) is 3.20. The van der Waals surface area contributed by atoms with Crippen LogP contribution in [0.3, 0.4) is 0 Å². The third-order valence-corrected chi connectivity index (χ3v) is 2.28. The van der Waals surface area contributed by atoms with Crippen LogP contribution in [0.4, 0.5) is 11.4 Å². The quantitative estimate of drug-likeness (QED) is 0.780. The minimum atomic E-state index is -0.599. The first kappa shape index (κ1) is 13.4. The molecule has 0 aromatic heterocycles. The summed E-state index contributed by atoms with van der Waals surface area (Å²) in [6.45, 7) is 0. The van der Waals surface area contributed by atoms with E-state index < -0.39 is 23.2 Å². The first-order chi connectivity index (χ1) is 8.60. The van der Waals surface area contributed by atoms with E-state index in [0.717, 1.165) is 0 Å². The highest BCUT2D eigenvalue weighted by molar-refractivity contribution is 6.07. The van der Waals surface area contributed by atoms with Crippen molar-refractivity contribution in [1.29, 1.82) is 0 Å². The number of hydrogen-bond donors (Lipinski definition) is 2. The molecule has 1 aromatic rings. The summed E-state index contributed by atoms with van der Waals surface area (Å²) in [5.41, 5.74) is -1.14. The fourth-order valence-electron chi connectivity index (χ4n) is 1.40. The van der Waals surface area contributed by atoms with Gasteiger partial charge in [0.15, 0.2) is 11.4 Å². The Morgan fingerprint density at radius 2 is 1.22 bits per heavy atom. The number of benzene rings is 1. The summed E-state index contributed by atoms with van der Waals surface area (Å²) in [5.74, 6) is -1.20. The molecular weight excluding hydrogens is 240 g/mol. The highest BCUT2D eigenvalue weighted by Crippen LogP contribution is 2.35. The number of nitrogens with one attached hydrogen (secondary N) is 2. The molecule has 0 radical (unpaired) electrons. The smallest absolute Gasteiger partial charge is 0.253 e. The van der Waals surface area contributed by atoms with Crippen LogP contribution in [-0.4, -0.2) is 25.9 Å². The van der Waals surface area contributed by atoms with E-state index in [4.69, 9.17) is 0 Å². The summed E-state index contributed by atoms with van der Waals surface area (Å²) in [6.07, 6.45) is 0. The molecule has 0 atom stereocenters. The van der Waals surface area contributed by atoms with E-state index in [9.17, 15) is 19.4 Å². The number of nitrogens with zero attached hydrogens (tertiary/aromatic N) is 2. The Morgan fingerprint density at radius 3 is 1.44 bits per heavy atom. The fourth-order valence-corrected chi connectivity index (χ4v) is 1.40. The van der Waals surface area contributed by atoms with E-state index in [0.29, 0.717) is 0 Å². The van der Waals surface area contributed by atoms with Crippen LogP contribution in [0.15, 0.2) is 22.5 Å². The van der Waals surface area contributed by atoms with Gasteiger partial charge < -0.3 is 10.6 Å². The van der Waals surface area contributed by atoms with Gasteiger partial charge in [-0.2, -0.15) is 0 Å². The van der Waals surface area contributed by atoms with Gasteiger partial charge in [0.1, 0.15) is 0 Å². The summed E-state index contributed by atoms with van der Waals surface area (Å²) in [6, 6.07) is 2.46. The topological polar surface area (TPSA) is 117 Å². The van der Waals surface area contributed by atoms with E-state index >= 15 is 0 Å². The highest BCUT2D eigenvalue weighted by Gasteiger charge is 2.22. The Labute approximate surface area is 102 Å². The zero-order chi connectivity index (χ0) is 13.7. The summed E-state index contributed by atoms with van der Waals surface area (Å²) < 4.78 is 0. The maximum Gasteiger partial charge on any atom is 0.253 e. The van der Waals surface area contributed by atoms with Gasteiger partial charge in [-0.1, -0.05) is 0 Å². The molecule has 1 aromatic carbocycles. The first-order valence-electron chi connectivity index (χ1n) is 4.88. The van der Waals surface area contributed by atoms with Gasteiger partial charge in [0, 0.05) is 14.1 Å². The number of amides is 2. The summed E-state index contributed by atoms with van der Waals surface area (Å²) >= 11 is 0. The van der Waals surface area contributed by atoms with Crippen molar-refractivity contribution in [2.45, 2.75) is 0 Å². The maximum absolute atomic E-state index is 11.5. The molecular formula is C10H10N4O4. The van der Waals surface area contributed by atoms with E-state index in [1.807, 2.05) is 0 Å². The molecule has 0 heterocycles. The third-order valence-electron chi connectivity index (χ3n) is 2.28. The molecule has 0 bridgehead atoms. The van der Waals surface area contributed by atoms with E-state index in [-0.39, 0.29) is 11.1 Å². The van der Waals surface area contributed by atoms with Crippen molar-refractivity contribution in [3.05, 3.63) is 33.1 Å². The molecule has 18 heavy (non-hydrogen) atoms. The summed E-state index contributed by atoms with van der Waals surface area (Å²) in [4.78, 5) is 44.4. The van der Waals surface area contributed by atoms with Crippen molar-refractivity contribution in [1.82, 2.24) is 10.6 Å². The molecule has 0 aliphatic carbocycles. The molecule has 2 N–H and O–H groups in total. The molecule has 0 saturated heterocycles. The van der Waals surface area contributed by atoms with Gasteiger partial charge in [-0.05, 0) is 22.5 Å². The molecule has 8 nitrogen and oxygen atoms in total. The molecule has 0 fully saturated rings. The Kier molecular flexibility index (Phi) is 4.19. The molecule has 94 valence electrons. The monoisotopic (exact) mass is 250 g/mol. The van der Waals surface area contributed by atoms with Crippen LogP contribution in [0.1, 0.15) is 20.7 Å². The zero-order valence-electron chi connectivity index (χ0n) is 9.68. The fraction of sp³-hybridized carbons (Fsp3) is 0.200. The number of carbonyl (C=O) groups is 2. The average Bonchev–Trinajstić information content (AvgIpc) is 2.43. The van der Waals surface area contributed by atoms with Crippen LogP contribution >= 0.6 is 0 Å². The van der Waals surface area contributed by atoms with Crippen molar-refractivity contribution in [3.63, 3.8) is 0 Å². The van der Waals surface area contributed by atoms with Gasteiger partial charge in [0.05, 0.1) is 11.1 Å². The molecule has 0 aliphatic rings. The van der Waals surface area contributed by atoms with Crippen LogP contribution < -0.4 is 10.6 Å². The maximum atomic E-state index is 11.5.